The summed E-state index contributed by atoms with van der Waals surface area (Å²) < 4.78 is 0. The summed E-state index contributed by atoms with van der Waals surface area (Å²) in [5.41, 5.74) is 7.86. The summed E-state index contributed by atoms with van der Waals surface area (Å²) in [7, 11) is 0. The van der Waals surface area contributed by atoms with Crippen molar-refractivity contribution in [1.29, 1.82) is 0 Å². The number of carbonyl (C=O) groups is 1. The molecule has 2 aliphatic carbocycles. The predicted octanol–water partition coefficient (Wildman–Crippen LogP) is 2.20. The number of carbonyl (C=O) groups excluding carboxylic acids is 1. The fraction of sp³-hybridized carbons (Fsp3) is 0.647. The summed E-state index contributed by atoms with van der Waals surface area (Å²) in [6, 6.07) is 3.38. The van der Waals surface area contributed by atoms with Crippen LogP contribution in [0.1, 0.15) is 62.7 Å². The van der Waals surface area contributed by atoms with E-state index >= 15 is 0 Å². The highest BCUT2D eigenvalue weighted by Gasteiger charge is 2.38. The molecule has 0 radical (unpaired) electrons. The summed E-state index contributed by atoms with van der Waals surface area (Å²) in [5.74, 6) is -0.0527. The number of rotatable bonds is 2. The molecule has 1 heterocycles. The molecule has 128 valence electrons. The van der Waals surface area contributed by atoms with Gasteiger partial charge in [-0.1, -0.05) is 12.8 Å². The number of pyridine rings is 1. The van der Waals surface area contributed by atoms with Crippen molar-refractivity contribution in [2.75, 3.05) is 0 Å². The number of aryl methyl sites for hydroxylation is 1. The van der Waals surface area contributed by atoms with Gasteiger partial charge in [0.2, 0.25) is 11.5 Å². The first kappa shape index (κ1) is 18.0. The number of nitrogens with two attached hydrogens (primary N) is 1. The van der Waals surface area contributed by atoms with E-state index < -0.39 is 5.54 Å². The van der Waals surface area contributed by atoms with Crippen molar-refractivity contribution < 1.29 is 4.79 Å². The standard InChI is InChI=1S/C17H25N3O2.ClH/c1-17(18)10-3-2-5-12(17)16(22)20-14-7-4-6-13-11(14)8-9-15(21)19-13;/h8-9,12,14H,2-7,10,18H2,1H3,(H,19,21)(H,20,22);1H. The number of hydrogen-bond acceptors (Lipinski definition) is 3. The highest BCUT2D eigenvalue weighted by Crippen LogP contribution is 2.33. The fourth-order valence-corrected chi connectivity index (χ4v) is 3.91. The molecule has 1 aromatic rings. The molecule has 0 aliphatic heterocycles. The number of aromatic amines is 1. The van der Waals surface area contributed by atoms with Crippen LogP contribution in [0.2, 0.25) is 0 Å². The molecule has 1 fully saturated rings. The summed E-state index contributed by atoms with van der Waals surface area (Å²) in [6.45, 7) is 1.99. The second kappa shape index (κ2) is 7.05. The van der Waals surface area contributed by atoms with Gasteiger partial charge in [-0.2, -0.15) is 0 Å². The van der Waals surface area contributed by atoms with Crippen LogP contribution in [0.25, 0.3) is 0 Å². The van der Waals surface area contributed by atoms with Crippen molar-refractivity contribution in [1.82, 2.24) is 10.3 Å². The average Bonchev–Trinajstić information content (AvgIpc) is 2.46. The maximum Gasteiger partial charge on any atom is 0.248 e. The van der Waals surface area contributed by atoms with E-state index in [4.69, 9.17) is 5.73 Å². The third-order valence-electron chi connectivity index (χ3n) is 5.22. The molecule has 1 saturated carbocycles. The van der Waals surface area contributed by atoms with E-state index in [1.165, 1.54) is 6.07 Å². The molecular weight excluding hydrogens is 314 g/mol. The molecular formula is C17H26ClN3O2. The third kappa shape index (κ3) is 3.78. The lowest BCUT2D eigenvalue weighted by atomic mass is 9.74. The normalized spacial score (nSPS) is 30.0. The van der Waals surface area contributed by atoms with Gasteiger partial charge in [0.25, 0.3) is 0 Å². The monoisotopic (exact) mass is 339 g/mol. The molecule has 2 aliphatic rings. The molecule has 23 heavy (non-hydrogen) atoms. The molecule has 4 N–H and O–H groups in total. The van der Waals surface area contributed by atoms with Crippen LogP contribution in [0.5, 0.6) is 0 Å². The maximum absolute atomic E-state index is 12.7. The third-order valence-corrected chi connectivity index (χ3v) is 5.22. The lowest BCUT2D eigenvalue weighted by molar-refractivity contribution is -0.129. The van der Waals surface area contributed by atoms with Crippen LogP contribution >= 0.6 is 12.4 Å². The minimum Gasteiger partial charge on any atom is -0.349 e. The van der Waals surface area contributed by atoms with Gasteiger partial charge in [-0.15, -0.1) is 12.4 Å². The highest BCUT2D eigenvalue weighted by atomic mass is 35.5. The molecule has 3 unspecified atom stereocenters. The van der Waals surface area contributed by atoms with Crippen molar-refractivity contribution in [3.63, 3.8) is 0 Å². The lowest BCUT2D eigenvalue weighted by Gasteiger charge is -2.38. The van der Waals surface area contributed by atoms with E-state index in [-0.39, 0.29) is 35.8 Å². The Bertz CT molecular complexity index is 627. The number of hydrogen-bond donors (Lipinski definition) is 3. The molecule has 3 rings (SSSR count). The van der Waals surface area contributed by atoms with Crippen LogP contribution in [0.4, 0.5) is 0 Å². The van der Waals surface area contributed by atoms with Gasteiger partial charge in [0.15, 0.2) is 0 Å². The number of aromatic nitrogens is 1. The molecule has 0 spiro atoms. The first-order valence-corrected chi connectivity index (χ1v) is 8.29. The second-order valence-corrected chi connectivity index (χ2v) is 7.01. The van der Waals surface area contributed by atoms with E-state index in [1.807, 2.05) is 13.0 Å². The largest absolute Gasteiger partial charge is 0.349 e. The van der Waals surface area contributed by atoms with E-state index in [0.717, 1.165) is 56.2 Å². The predicted molar refractivity (Wildman–Crippen MR) is 92.7 cm³/mol. The first-order valence-electron chi connectivity index (χ1n) is 8.29. The molecule has 0 aromatic carbocycles. The summed E-state index contributed by atoms with van der Waals surface area (Å²) in [4.78, 5) is 27.0. The lowest BCUT2D eigenvalue weighted by Crippen LogP contribution is -2.53. The van der Waals surface area contributed by atoms with Gasteiger partial charge < -0.3 is 16.0 Å². The van der Waals surface area contributed by atoms with Crippen LogP contribution in [-0.2, 0) is 11.2 Å². The number of amides is 1. The fourth-order valence-electron chi connectivity index (χ4n) is 3.91. The van der Waals surface area contributed by atoms with Gasteiger partial charge in [0, 0.05) is 17.3 Å². The van der Waals surface area contributed by atoms with E-state index in [9.17, 15) is 9.59 Å². The first-order chi connectivity index (χ1) is 10.5. The molecule has 3 atom stereocenters. The Labute approximate surface area is 142 Å². The van der Waals surface area contributed by atoms with E-state index in [1.54, 1.807) is 0 Å². The van der Waals surface area contributed by atoms with Crippen LogP contribution in [0, 0.1) is 5.92 Å². The van der Waals surface area contributed by atoms with Crippen LogP contribution < -0.4 is 16.6 Å². The minimum absolute atomic E-state index is 0. The second-order valence-electron chi connectivity index (χ2n) is 7.01. The molecule has 6 heteroatoms. The number of H-pyrrole nitrogens is 1. The van der Waals surface area contributed by atoms with E-state index in [2.05, 4.69) is 10.3 Å². The van der Waals surface area contributed by atoms with Gasteiger partial charge >= 0.3 is 0 Å². The summed E-state index contributed by atoms with van der Waals surface area (Å²) in [5, 5.41) is 3.18. The molecule has 5 nitrogen and oxygen atoms in total. The quantitative estimate of drug-likeness (QED) is 0.771. The number of nitrogens with one attached hydrogen (secondary N) is 2. The Hall–Kier alpha value is -1.33. The number of halogens is 1. The Morgan fingerprint density at radius 2 is 2.09 bits per heavy atom. The van der Waals surface area contributed by atoms with Crippen molar-refractivity contribution in [3.05, 3.63) is 33.7 Å². The van der Waals surface area contributed by atoms with Crippen molar-refractivity contribution in [2.45, 2.75) is 63.5 Å². The highest BCUT2D eigenvalue weighted by molar-refractivity contribution is 5.85. The average molecular weight is 340 g/mol. The number of fused-ring (bicyclic) bond motifs is 1. The Balaban J connectivity index is 0.00000192. The van der Waals surface area contributed by atoms with Crippen molar-refractivity contribution >= 4 is 18.3 Å². The molecule has 1 amide bonds. The van der Waals surface area contributed by atoms with Crippen LogP contribution in [0.15, 0.2) is 16.9 Å². The zero-order valence-electron chi connectivity index (χ0n) is 13.6. The van der Waals surface area contributed by atoms with E-state index in [0.29, 0.717) is 0 Å². The summed E-state index contributed by atoms with van der Waals surface area (Å²) >= 11 is 0. The summed E-state index contributed by atoms with van der Waals surface area (Å²) in [6.07, 6.45) is 6.70. The molecule has 0 saturated heterocycles. The zero-order chi connectivity index (χ0) is 15.7. The Morgan fingerprint density at radius 1 is 1.30 bits per heavy atom. The smallest absolute Gasteiger partial charge is 0.248 e. The molecule has 0 bridgehead atoms. The Morgan fingerprint density at radius 3 is 2.83 bits per heavy atom. The SMILES string of the molecule is CC1(N)CCCCC1C(=O)NC1CCCc2[nH]c(=O)ccc21.Cl. The van der Waals surface area contributed by atoms with Gasteiger partial charge in [-0.3, -0.25) is 9.59 Å². The molecule has 1 aromatic heterocycles. The van der Waals surface area contributed by atoms with Gasteiger partial charge in [-0.25, -0.2) is 0 Å². The van der Waals surface area contributed by atoms with Gasteiger partial charge in [0.1, 0.15) is 0 Å². The van der Waals surface area contributed by atoms with Crippen LogP contribution in [-0.4, -0.2) is 16.4 Å². The minimum atomic E-state index is -0.412. The topological polar surface area (TPSA) is 88.0 Å². The van der Waals surface area contributed by atoms with Gasteiger partial charge in [-0.05, 0) is 50.7 Å². The van der Waals surface area contributed by atoms with Gasteiger partial charge in [0.05, 0.1) is 12.0 Å². The van der Waals surface area contributed by atoms with Crippen molar-refractivity contribution in [3.8, 4) is 0 Å². The van der Waals surface area contributed by atoms with Crippen LogP contribution in [0.3, 0.4) is 0 Å². The zero-order valence-corrected chi connectivity index (χ0v) is 14.4. The van der Waals surface area contributed by atoms with Crippen molar-refractivity contribution in [2.24, 2.45) is 11.7 Å². The maximum atomic E-state index is 12.7. The Kier molecular flexibility index (Phi) is 5.53.